The second kappa shape index (κ2) is 4.47. The van der Waals surface area contributed by atoms with Crippen LogP contribution in [0.3, 0.4) is 0 Å². The van der Waals surface area contributed by atoms with Gasteiger partial charge >= 0.3 is 0 Å². The maximum Gasteiger partial charge on any atom is 0.202 e. The van der Waals surface area contributed by atoms with E-state index in [4.69, 9.17) is 15.2 Å². The summed E-state index contributed by atoms with van der Waals surface area (Å²) in [7, 11) is 1.71. The summed E-state index contributed by atoms with van der Waals surface area (Å²) < 4.78 is 13.0. The molecule has 6 heteroatoms. The lowest BCUT2D eigenvalue weighted by Crippen LogP contribution is -2.37. The molecule has 0 aliphatic carbocycles. The predicted molar refractivity (Wildman–Crippen MR) is 71.9 cm³/mol. The maximum absolute atomic E-state index is 6.01. The van der Waals surface area contributed by atoms with E-state index in [1.54, 1.807) is 7.11 Å². The molecule has 0 aromatic carbocycles. The number of nitrogens with two attached hydrogens (primary N) is 1. The fraction of sp³-hybridized carbons (Fsp3) is 0.538. The minimum absolute atomic E-state index is 0.326. The summed E-state index contributed by atoms with van der Waals surface area (Å²) >= 11 is 0. The Hall–Kier alpha value is -1.66. The van der Waals surface area contributed by atoms with Crippen LogP contribution in [0.1, 0.15) is 12.1 Å². The Morgan fingerprint density at radius 2 is 2.32 bits per heavy atom. The zero-order chi connectivity index (χ0) is 13.5. The summed E-state index contributed by atoms with van der Waals surface area (Å²) in [6.45, 7) is 3.86. The zero-order valence-electron chi connectivity index (χ0n) is 11.2. The molecular weight excluding hydrogens is 244 g/mol. The number of aromatic nitrogens is 3. The van der Waals surface area contributed by atoms with Gasteiger partial charge in [0.15, 0.2) is 5.65 Å². The van der Waals surface area contributed by atoms with Gasteiger partial charge in [-0.2, -0.15) is 0 Å². The molecule has 1 saturated heterocycles. The molecule has 0 saturated carbocycles. The third kappa shape index (κ3) is 2.06. The number of pyridine rings is 1. The van der Waals surface area contributed by atoms with Crippen molar-refractivity contribution in [3.63, 3.8) is 0 Å². The smallest absolute Gasteiger partial charge is 0.202 e. The van der Waals surface area contributed by atoms with Gasteiger partial charge in [0.2, 0.25) is 5.95 Å². The topological polar surface area (TPSA) is 75.2 Å². The van der Waals surface area contributed by atoms with Gasteiger partial charge < -0.3 is 15.2 Å². The lowest BCUT2D eigenvalue weighted by atomic mass is 10.0. The average molecular weight is 262 g/mol. The van der Waals surface area contributed by atoms with Gasteiger partial charge in [-0.1, -0.05) is 0 Å². The highest BCUT2D eigenvalue weighted by Crippen LogP contribution is 2.27. The fourth-order valence-electron chi connectivity index (χ4n) is 2.50. The van der Waals surface area contributed by atoms with Crippen LogP contribution >= 0.6 is 0 Å². The number of ether oxygens (including phenoxy) is 2. The second-order valence-electron chi connectivity index (χ2n) is 5.04. The SMILES string of the molecule is COC1(Cn2c(N)nc3ccc(C)nc32)CCOC1. The Kier molecular flexibility index (Phi) is 2.91. The first kappa shape index (κ1) is 12.4. The molecule has 1 aliphatic rings. The first-order valence-electron chi connectivity index (χ1n) is 6.36. The van der Waals surface area contributed by atoms with Gasteiger partial charge in [-0.15, -0.1) is 0 Å². The van der Waals surface area contributed by atoms with Crippen LogP contribution in [0.4, 0.5) is 5.95 Å². The molecule has 3 heterocycles. The number of hydrogen-bond donors (Lipinski definition) is 1. The van der Waals surface area contributed by atoms with Crippen LogP contribution < -0.4 is 5.73 Å². The molecule has 1 fully saturated rings. The van der Waals surface area contributed by atoms with Crippen molar-refractivity contribution in [3.8, 4) is 0 Å². The Morgan fingerprint density at radius 3 is 3.00 bits per heavy atom. The van der Waals surface area contributed by atoms with Crippen molar-refractivity contribution in [1.82, 2.24) is 14.5 Å². The molecule has 2 N–H and O–H groups in total. The summed E-state index contributed by atoms with van der Waals surface area (Å²) in [6.07, 6.45) is 0.856. The Balaban J connectivity index is 2.04. The predicted octanol–water partition coefficient (Wildman–Crippen LogP) is 1.13. The number of fused-ring (bicyclic) bond motifs is 1. The molecule has 102 valence electrons. The number of anilines is 1. The zero-order valence-corrected chi connectivity index (χ0v) is 11.2. The van der Waals surface area contributed by atoms with Crippen LogP contribution in [0, 0.1) is 6.92 Å². The highest BCUT2D eigenvalue weighted by Gasteiger charge is 2.36. The number of nitrogens with zero attached hydrogens (tertiary/aromatic N) is 3. The summed E-state index contributed by atoms with van der Waals surface area (Å²) in [5.41, 5.74) is 8.25. The maximum atomic E-state index is 6.01. The summed E-state index contributed by atoms with van der Waals surface area (Å²) in [4.78, 5) is 8.87. The summed E-state index contributed by atoms with van der Waals surface area (Å²) in [5, 5.41) is 0. The lowest BCUT2D eigenvalue weighted by molar-refractivity contribution is -0.0284. The number of imidazole rings is 1. The number of hydrogen-bond acceptors (Lipinski definition) is 5. The molecule has 0 radical (unpaired) electrons. The van der Waals surface area contributed by atoms with E-state index in [0.29, 0.717) is 25.7 Å². The Morgan fingerprint density at radius 1 is 1.47 bits per heavy atom. The van der Waals surface area contributed by atoms with Crippen molar-refractivity contribution in [2.75, 3.05) is 26.1 Å². The molecule has 2 aromatic rings. The number of nitrogen functional groups attached to an aromatic ring is 1. The van der Waals surface area contributed by atoms with Crippen molar-refractivity contribution < 1.29 is 9.47 Å². The molecule has 1 aliphatic heterocycles. The van der Waals surface area contributed by atoms with E-state index in [-0.39, 0.29) is 5.60 Å². The molecule has 0 amide bonds. The Bertz CT molecular complexity index is 602. The van der Waals surface area contributed by atoms with E-state index in [1.165, 1.54) is 0 Å². The molecule has 0 spiro atoms. The minimum Gasteiger partial charge on any atom is -0.378 e. The van der Waals surface area contributed by atoms with Gasteiger partial charge in [-0.05, 0) is 19.1 Å². The normalized spacial score (nSPS) is 23.3. The van der Waals surface area contributed by atoms with Gasteiger partial charge in [-0.25, -0.2) is 9.97 Å². The van der Waals surface area contributed by atoms with E-state index < -0.39 is 0 Å². The minimum atomic E-state index is -0.326. The largest absolute Gasteiger partial charge is 0.378 e. The summed E-state index contributed by atoms with van der Waals surface area (Å²) in [6, 6.07) is 3.87. The standard InChI is InChI=1S/C13H18N4O2/c1-9-3-4-10-11(15-9)17(12(14)16-10)7-13(18-2)5-6-19-8-13/h3-4H,5-8H2,1-2H3,(H2,14,16). The first-order chi connectivity index (χ1) is 9.13. The van der Waals surface area contributed by atoms with Gasteiger partial charge in [0.05, 0.1) is 13.2 Å². The van der Waals surface area contributed by atoms with E-state index in [1.807, 2.05) is 23.6 Å². The van der Waals surface area contributed by atoms with Crippen molar-refractivity contribution in [2.45, 2.75) is 25.5 Å². The lowest BCUT2D eigenvalue weighted by Gasteiger charge is -2.26. The van der Waals surface area contributed by atoms with Crippen LogP contribution in [0.25, 0.3) is 11.2 Å². The van der Waals surface area contributed by atoms with E-state index in [2.05, 4.69) is 9.97 Å². The van der Waals surface area contributed by atoms with Gasteiger partial charge in [-0.3, -0.25) is 4.57 Å². The highest BCUT2D eigenvalue weighted by molar-refractivity contribution is 5.74. The van der Waals surface area contributed by atoms with Crippen LogP contribution in [-0.4, -0.2) is 40.5 Å². The van der Waals surface area contributed by atoms with Crippen LogP contribution in [0.15, 0.2) is 12.1 Å². The molecule has 1 unspecified atom stereocenters. The Labute approximate surface area is 111 Å². The third-order valence-electron chi connectivity index (χ3n) is 3.71. The van der Waals surface area contributed by atoms with Gasteiger partial charge in [0, 0.05) is 25.8 Å². The van der Waals surface area contributed by atoms with Crippen molar-refractivity contribution in [1.29, 1.82) is 0 Å². The van der Waals surface area contributed by atoms with Crippen LogP contribution in [-0.2, 0) is 16.0 Å². The average Bonchev–Trinajstić information content (AvgIpc) is 2.98. The van der Waals surface area contributed by atoms with Crippen molar-refractivity contribution in [2.24, 2.45) is 0 Å². The summed E-state index contributed by atoms with van der Waals surface area (Å²) in [5.74, 6) is 0.469. The number of rotatable bonds is 3. The fourth-order valence-corrected chi connectivity index (χ4v) is 2.50. The molecule has 19 heavy (non-hydrogen) atoms. The van der Waals surface area contributed by atoms with E-state index in [9.17, 15) is 0 Å². The van der Waals surface area contributed by atoms with Gasteiger partial charge in [0.1, 0.15) is 11.1 Å². The van der Waals surface area contributed by atoms with Crippen molar-refractivity contribution >= 4 is 17.1 Å². The monoisotopic (exact) mass is 262 g/mol. The first-order valence-corrected chi connectivity index (χ1v) is 6.36. The van der Waals surface area contributed by atoms with Crippen molar-refractivity contribution in [3.05, 3.63) is 17.8 Å². The van der Waals surface area contributed by atoms with Crippen LogP contribution in [0.2, 0.25) is 0 Å². The number of methoxy groups -OCH3 is 1. The van der Waals surface area contributed by atoms with E-state index in [0.717, 1.165) is 23.3 Å². The molecule has 0 bridgehead atoms. The second-order valence-corrected chi connectivity index (χ2v) is 5.04. The van der Waals surface area contributed by atoms with Gasteiger partial charge in [0.25, 0.3) is 0 Å². The molecule has 3 rings (SSSR count). The highest BCUT2D eigenvalue weighted by atomic mass is 16.5. The third-order valence-corrected chi connectivity index (χ3v) is 3.71. The molecule has 6 nitrogen and oxygen atoms in total. The van der Waals surface area contributed by atoms with Crippen LogP contribution in [0.5, 0.6) is 0 Å². The number of aryl methyl sites for hydroxylation is 1. The van der Waals surface area contributed by atoms with E-state index >= 15 is 0 Å². The molecular formula is C13H18N4O2. The molecule has 1 atom stereocenters. The molecule has 2 aromatic heterocycles. The quantitative estimate of drug-likeness (QED) is 0.897.